The van der Waals surface area contributed by atoms with Gasteiger partial charge in [0.1, 0.15) is 5.69 Å². The van der Waals surface area contributed by atoms with Crippen molar-refractivity contribution in [3.05, 3.63) is 30.5 Å². The molecule has 0 saturated heterocycles. The third-order valence-electron chi connectivity index (χ3n) is 1.80. The maximum absolute atomic E-state index is 5.35. The number of nitrogens with two attached hydrogens (primary N) is 1. The normalized spacial score (nSPS) is 9.79. The van der Waals surface area contributed by atoms with Crippen molar-refractivity contribution in [2.24, 2.45) is 5.73 Å². The standard InChI is InChI=1S/C10H10N4/c11-4-2-1-3-9-7-13-10-8-12-5-6-14(9)10/h5-8H,2,4,11H2. The van der Waals surface area contributed by atoms with E-state index in [1.165, 1.54) is 0 Å². The second kappa shape index (κ2) is 3.90. The van der Waals surface area contributed by atoms with E-state index in [4.69, 9.17) is 5.73 Å². The molecule has 0 radical (unpaired) electrons. The van der Waals surface area contributed by atoms with Crippen molar-refractivity contribution in [1.82, 2.24) is 14.4 Å². The molecule has 0 aliphatic heterocycles. The van der Waals surface area contributed by atoms with Gasteiger partial charge in [0.15, 0.2) is 5.65 Å². The molecule has 4 heteroatoms. The summed E-state index contributed by atoms with van der Waals surface area (Å²) in [6.07, 6.45) is 7.70. The highest BCUT2D eigenvalue weighted by molar-refractivity contribution is 5.42. The number of fused-ring (bicyclic) bond motifs is 1. The third-order valence-corrected chi connectivity index (χ3v) is 1.80. The number of hydrogen-bond acceptors (Lipinski definition) is 3. The van der Waals surface area contributed by atoms with E-state index >= 15 is 0 Å². The van der Waals surface area contributed by atoms with E-state index in [0.717, 1.165) is 11.3 Å². The molecule has 0 aliphatic carbocycles. The van der Waals surface area contributed by atoms with Crippen LogP contribution in [0.5, 0.6) is 0 Å². The van der Waals surface area contributed by atoms with Crippen molar-refractivity contribution in [3.63, 3.8) is 0 Å². The molecule has 0 amide bonds. The molecule has 2 N–H and O–H groups in total. The largest absolute Gasteiger partial charge is 0.330 e. The van der Waals surface area contributed by atoms with Crippen molar-refractivity contribution in [3.8, 4) is 11.8 Å². The maximum Gasteiger partial charge on any atom is 0.156 e. The lowest BCUT2D eigenvalue weighted by molar-refractivity contribution is 1.03. The summed E-state index contributed by atoms with van der Waals surface area (Å²) in [5, 5.41) is 0. The Morgan fingerprint density at radius 1 is 1.43 bits per heavy atom. The number of nitrogens with zero attached hydrogens (tertiary/aromatic N) is 3. The van der Waals surface area contributed by atoms with E-state index in [1.54, 1.807) is 18.6 Å². The van der Waals surface area contributed by atoms with Gasteiger partial charge < -0.3 is 5.73 Å². The third kappa shape index (κ3) is 1.58. The Morgan fingerprint density at radius 3 is 3.21 bits per heavy atom. The quantitative estimate of drug-likeness (QED) is 0.657. The zero-order valence-corrected chi connectivity index (χ0v) is 7.64. The molecule has 0 fully saturated rings. The highest BCUT2D eigenvalue weighted by atomic mass is 15.0. The molecule has 2 aromatic rings. The van der Waals surface area contributed by atoms with Crippen LogP contribution in [-0.2, 0) is 0 Å². The minimum absolute atomic E-state index is 0.589. The molecular weight excluding hydrogens is 176 g/mol. The first kappa shape index (κ1) is 8.73. The molecule has 0 unspecified atom stereocenters. The maximum atomic E-state index is 5.35. The van der Waals surface area contributed by atoms with E-state index in [9.17, 15) is 0 Å². The van der Waals surface area contributed by atoms with Crippen molar-refractivity contribution < 1.29 is 0 Å². The molecule has 0 aliphatic rings. The van der Waals surface area contributed by atoms with Crippen LogP contribution in [0.2, 0.25) is 0 Å². The van der Waals surface area contributed by atoms with Crippen molar-refractivity contribution in [2.45, 2.75) is 6.42 Å². The van der Waals surface area contributed by atoms with Crippen LogP contribution in [0.15, 0.2) is 24.8 Å². The summed E-state index contributed by atoms with van der Waals surface area (Å²) in [5.74, 6) is 5.98. The summed E-state index contributed by atoms with van der Waals surface area (Å²) in [6.45, 7) is 0.589. The average molecular weight is 186 g/mol. The summed E-state index contributed by atoms with van der Waals surface area (Å²) in [5.41, 5.74) is 7.03. The van der Waals surface area contributed by atoms with Gasteiger partial charge in [-0.3, -0.25) is 9.38 Å². The van der Waals surface area contributed by atoms with Crippen molar-refractivity contribution >= 4 is 5.65 Å². The van der Waals surface area contributed by atoms with Gasteiger partial charge in [0.25, 0.3) is 0 Å². The van der Waals surface area contributed by atoms with Crippen LogP contribution in [0.4, 0.5) is 0 Å². The van der Waals surface area contributed by atoms with Crippen LogP contribution < -0.4 is 5.73 Å². The lowest BCUT2D eigenvalue weighted by atomic mass is 10.4. The van der Waals surface area contributed by atoms with Gasteiger partial charge >= 0.3 is 0 Å². The second-order valence-electron chi connectivity index (χ2n) is 2.79. The van der Waals surface area contributed by atoms with E-state index in [2.05, 4.69) is 21.8 Å². The van der Waals surface area contributed by atoms with Gasteiger partial charge in [-0.1, -0.05) is 5.92 Å². The SMILES string of the molecule is NCCC#Cc1cnc2cnccn12. The molecule has 0 aromatic carbocycles. The van der Waals surface area contributed by atoms with Gasteiger partial charge in [-0.2, -0.15) is 0 Å². The molecule has 14 heavy (non-hydrogen) atoms. The van der Waals surface area contributed by atoms with Crippen LogP contribution in [0.1, 0.15) is 12.1 Å². The minimum Gasteiger partial charge on any atom is -0.330 e. The molecule has 0 spiro atoms. The predicted octanol–water partition coefficient (Wildman–Crippen LogP) is 0.430. The van der Waals surface area contributed by atoms with Crippen LogP contribution in [0.25, 0.3) is 5.65 Å². The zero-order valence-electron chi connectivity index (χ0n) is 7.64. The van der Waals surface area contributed by atoms with Gasteiger partial charge in [-0.25, -0.2) is 4.98 Å². The first-order valence-electron chi connectivity index (χ1n) is 4.38. The summed E-state index contributed by atoms with van der Waals surface area (Å²) < 4.78 is 1.90. The molecule has 2 aromatic heterocycles. The fourth-order valence-electron chi connectivity index (χ4n) is 1.16. The Hall–Kier alpha value is -1.86. The summed E-state index contributed by atoms with van der Waals surface area (Å²) in [4.78, 5) is 8.14. The van der Waals surface area contributed by atoms with E-state index < -0.39 is 0 Å². The van der Waals surface area contributed by atoms with E-state index in [-0.39, 0.29) is 0 Å². The smallest absolute Gasteiger partial charge is 0.156 e. The van der Waals surface area contributed by atoms with Gasteiger partial charge in [0.05, 0.1) is 12.4 Å². The lowest BCUT2D eigenvalue weighted by Crippen LogP contribution is -1.95. The topological polar surface area (TPSA) is 56.2 Å². The van der Waals surface area contributed by atoms with Crippen LogP contribution in [0.3, 0.4) is 0 Å². The Labute approximate surface area is 81.8 Å². The average Bonchev–Trinajstić information content (AvgIpc) is 2.63. The summed E-state index contributed by atoms with van der Waals surface area (Å²) in [7, 11) is 0. The molecule has 0 bridgehead atoms. The zero-order chi connectivity index (χ0) is 9.80. The Balaban J connectivity index is 2.40. The predicted molar refractivity (Wildman–Crippen MR) is 53.5 cm³/mol. The van der Waals surface area contributed by atoms with Crippen LogP contribution in [-0.4, -0.2) is 20.9 Å². The fourth-order valence-corrected chi connectivity index (χ4v) is 1.16. The van der Waals surface area contributed by atoms with Crippen molar-refractivity contribution in [2.75, 3.05) is 6.54 Å². The molecule has 2 heterocycles. The fraction of sp³-hybridized carbons (Fsp3) is 0.200. The summed E-state index contributed by atoms with van der Waals surface area (Å²) >= 11 is 0. The molecule has 0 atom stereocenters. The highest BCUT2D eigenvalue weighted by Gasteiger charge is 1.97. The summed E-state index contributed by atoms with van der Waals surface area (Å²) in [6, 6.07) is 0. The Morgan fingerprint density at radius 2 is 2.36 bits per heavy atom. The second-order valence-corrected chi connectivity index (χ2v) is 2.79. The molecule has 2 rings (SSSR count). The van der Waals surface area contributed by atoms with E-state index in [0.29, 0.717) is 13.0 Å². The highest BCUT2D eigenvalue weighted by Crippen LogP contribution is 2.02. The van der Waals surface area contributed by atoms with Gasteiger partial charge in [0.2, 0.25) is 0 Å². The number of hydrogen-bond donors (Lipinski definition) is 1. The first-order valence-corrected chi connectivity index (χ1v) is 4.38. The van der Waals surface area contributed by atoms with E-state index in [1.807, 2.05) is 10.6 Å². The molecule has 4 nitrogen and oxygen atoms in total. The van der Waals surface area contributed by atoms with Gasteiger partial charge in [0, 0.05) is 25.4 Å². The van der Waals surface area contributed by atoms with Gasteiger partial charge in [-0.05, 0) is 5.92 Å². The lowest BCUT2D eigenvalue weighted by Gasteiger charge is -1.91. The number of imidazole rings is 1. The molecule has 0 saturated carbocycles. The Bertz CT molecular complexity index is 489. The van der Waals surface area contributed by atoms with Crippen molar-refractivity contribution in [1.29, 1.82) is 0 Å². The first-order chi connectivity index (χ1) is 6.92. The Kier molecular flexibility index (Phi) is 2.43. The molecule has 70 valence electrons. The molecular formula is C10H10N4. The number of rotatable bonds is 1. The number of aromatic nitrogens is 3. The monoisotopic (exact) mass is 186 g/mol. The van der Waals surface area contributed by atoms with Crippen LogP contribution >= 0.6 is 0 Å². The van der Waals surface area contributed by atoms with Gasteiger partial charge in [-0.15, -0.1) is 0 Å². The van der Waals surface area contributed by atoms with Crippen LogP contribution in [0, 0.1) is 11.8 Å². The minimum atomic E-state index is 0.589.